The van der Waals surface area contributed by atoms with E-state index < -0.39 is 0 Å². The smallest absolute Gasteiger partial charge is 0.134 e. The monoisotopic (exact) mass is 415 g/mol. The van der Waals surface area contributed by atoms with Gasteiger partial charge in [0.15, 0.2) is 0 Å². The Morgan fingerprint density at radius 1 is 0.469 bits per heavy atom. The molecule has 0 saturated carbocycles. The topological polar surface area (TPSA) is 16.4 Å². The lowest BCUT2D eigenvalue weighted by Crippen LogP contribution is -2.09. The first-order valence-corrected chi connectivity index (χ1v) is 10.9. The van der Waals surface area contributed by atoms with Crippen LogP contribution in [0.25, 0.3) is 22.6 Å². The summed E-state index contributed by atoms with van der Waals surface area (Å²) < 4.78 is 6.17. The fourth-order valence-electron chi connectivity index (χ4n) is 3.93. The Morgan fingerprint density at radius 3 is 1.66 bits per heavy atom. The molecule has 0 aliphatic rings. The molecule has 156 valence electrons. The van der Waals surface area contributed by atoms with Gasteiger partial charge < -0.3 is 9.32 Å². The SMILES string of the molecule is Cc1ccc(-c2ccc(-c3ccc(N(c4ccccc4)c4cccc(C)c4)cc3)o2)cc1. The van der Waals surface area contributed by atoms with Crippen molar-refractivity contribution in [2.45, 2.75) is 13.8 Å². The maximum Gasteiger partial charge on any atom is 0.134 e. The third-order valence-corrected chi connectivity index (χ3v) is 5.63. The van der Waals surface area contributed by atoms with Gasteiger partial charge in [-0.2, -0.15) is 0 Å². The Bertz CT molecular complexity index is 1320. The molecule has 0 saturated heterocycles. The summed E-state index contributed by atoms with van der Waals surface area (Å²) in [6.07, 6.45) is 0. The predicted octanol–water partition coefficient (Wildman–Crippen LogP) is 8.70. The van der Waals surface area contributed by atoms with Crippen molar-refractivity contribution in [1.29, 1.82) is 0 Å². The molecular weight excluding hydrogens is 390 g/mol. The lowest BCUT2D eigenvalue weighted by Gasteiger charge is -2.25. The highest BCUT2D eigenvalue weighted by Gasteiger charge is 2.13. The van der Waals surface area contributed by atoms with Crippen molar-refractivity contribution in [3.05, 3.63) is 126 Å². The molecule has 1 aromatic heterocycles. The van der Waals surface area contributed by atoms with Gasteiger partial charge in [0.1, 0.15) is 11.5 Å². The highest BCUT2D eigenvalue weighted by Crippen LogP contribution is 2.36. The summed E-state index contributed by atoms with van der Waals surface area (Å²) in [6, 6.07) is 40.1. The second kappa shape index (κ2) is 8.60. The molecule has 2 nitrogen and oxygen atoms in total. The molecule has 0 amide bonds. The van der Waals surface area contributed by atoms with Crippen LogP contribution < -0.4 is 4.90 Å². The lowest BCUT2D eigenvalue weighted by atomic mass is 10.1. The van der Waals surface area contributed by atoms with Crippen LogP contribution >= 0.6 is 0 Å². The number of aryl methyl sites for hydroxylation is 2. The van der Waals surface area contributed by atoms with Crippen molar-refractivity contribution < 1.29 is 4.42 Å². The third-order valence-electron chi connectivity index (χ3n) is 5.63. The van der Waals surface area contributed by atoms with E-state index in [1.807, 2.05) is 18.2 Å². The van der Waals surface area contributed by atoms with Gasteiger partial charge in [-0.1, -0.05) is 60.2 Å². The van der Waals surface area contributed by atoms with Gasteiger partial charge in [0.2, 0.25) is 0 Å². The molecule has 4 aromatic carbocycles. The first kappa shape index (κ1) is 19.9. The molecule has 0 spiro atoms. The number of para-hydroxylation sites is 1. The lowest BCUT2D eigenvalue weighted by molar-refractivity contribution is 0.597. The highest BCUT2D eigenvalue weighted by atomic mass is 16.3. The van der Waals surface area contributed by atoms with Gasteiger partial charge >= 0.3 is 0 Å². The predicted molar refractivity (Wildman–Crippen MR) is 134 cm³/mol. The second-order valence-electron chi connectivity index (χ2n) is 8.09. The molecule has 0 aliphatic heterocycles. The fraction of sp³-hybridized carbons (Fsp3) is 0.0667. The maximum atomic E-state index is 6.17. The van der Waals surface area contributed by atoms with E-state index in [-0.39, 0.29) is 0 Å². The number of hydrogen-bond donors (Lipinski definition) is 0. The normalized spacial score (nSPS) is 10.8. The molecule has 1 heterocycles. The zero-order valence-corrected chi connectivity index (χ0v) is 18.3. The summed E-state index contributed by atoms with van der Waals surface area (Å²) in [5, 5.41) is 0. The van der Waals surface area contributed by atoms with E-state index in [0.717, 1.165) is 39.7 Å². The van der Waals surface area contributed by atoms with Gasteiger partial charge in [-0.25, -0.2) is 0 Å². The van der Waals surface area contributed by atoms with Gasteiger partial charge in [-0.3, -0.25) is 0 Å². The van der Waals surface area contributed by atoms with Crippen LogP contribution in [0.3, 0.4) is 0 Å². The van der Waals surface area contributed by atoms with Crippen LogP contribution in [-0.4, -0.2) is 0 Å². The third kappa shape index (κ3) is 4.08. The zero-order chi connectivity index (χ0) is 21.9. The second-order valence-corrected chi connectivity index (χ2v) is 8.09. The van der Waals surface area contributed by atoms with Crippen molar-refractivity contribution >= 4 is 17.1 Å². The van der Waals surface area contributed by atoms with Gasteiger partial charge in [-0.15, -0.1) is 0 Å². The molecular formula is C30H25NO. The number of nitrogens with zero attached hydrogens (tertiary/aromatic N) is 1. The largest absolute Gasteiger partial charge is 0.456 e. The van der Waals surface area contributed by atoms with Crippen LogP contribution in [-0.2, 0) is 0 Å². The first-order chi connectivity index (χ1) is 15.7. The Labute approximate surface area is 189 Å². The summed E-state index contributed by atoms with van der Waals surface area (Å²) in [7, 11) is 0. The average molecular weight is 416 g/mol. The summed E-state index contributed by atoms with van der Waals surface area (Å²) in [6.45, 7) is 4.21. The molecule has 2 heteroatoms. The standard InChI is InChI=1S/C30H25NO/c1-22-11-13-24(14-12-22)29-19-20-30(32-29)25-15-17-27(18-16-25)31(26-8-4-3-5-9-26)28-10-6-7-23(2)21-28/h3-21H,1-2H3. The molecule has 32 heavy (non-hydrogen) atoms. The Kier molecular flexibility index (Phi) is 5.35. The van der Waals surface area contributed by atoms with Crippen molar-refractivity contribution in [2.75, 3.05) is 4.90 Å². The number of anilines is 3. The van der Waals surface area contributed by atoms with Crippen LogP contribution in [0, 0.1) is 13.8 Å². The molecule has 0 N–H and O–H groups in total. The Balaban J connectivity index is 1.48. The van der Waals surface area contributed by atoms with Crippen molar-refractivity contribution in [1.82, 2.24) is 0 Å². The Hall–Kier alpha value is -4.04. The highest BCUT2D eigenvalue weighted by molar-refractivity contribution is 5.78. The molecule has 0 unspecified atom stereocenters. The van der Waals surface area contributed by atoms with Gasteiger partial charge in [0, 0.05) is 28.2 Å². The number of furan rings is 1. The van der Waals surface area contributed by atoms with Crippen molar-refractivity contribution in [3.63, 3.8) is 0 Å². The molecule has 0 fully saturated rings. The number of rotatable bonds is 5. The quantitative estimate of drug-likeness (QED) is 0.285. The van der Waals surface area contributed by atoms with E-state index in [2.05, 4.69) is 116 Å². The molecule has 0 bridgehead atoms. The molecule has 0 radical (unpaired) electrons. The van der Waals surface area contributed by atoms with Gasteiger partial charge in [-0.05, 0) is 80.1 Å². The molecule has 5 aromatic rings. The summed E-state index contributed by atoms with van der Waals surface area (Å²) in [4.78, 5) is 2.27. The van der Waals surface area contributed by atoms with Crippen molar-refractivity contribution in [3.8, 4) is 22.6 Å². The zero-order valence-electron chi connectivity index (χ0n) is 18.3. The Morgan fingerprint density at radius 2 is 1.03 bits per heavy atom. The average Bonchev–Trinajstić information content (AvgIpc) is 3.31. The minimum Gasteiger partial charge on any atom is -0.456 e. The van der Waals surface area contributed by atoms with E-state index in [0.29, 0.717) is 0 Å². The first-order valence-electron chi connectivity index (χ1n) is 10.9. The van der Waals surface area contributed by atoms with Gasteiger partial charge in [0.25, 0.3) is 0 Å². The number of benzene rings is 4. The van der Waals surface area contributed by atoms with E-state index in [1.165, 1.54) is 11.1 Å². The van der Waals surface area contributed by atoms with Crippen LogP contribution in [0.4, 0.5) is 17.1 Å². The number of hydrogen-bond acceptors (Lipinski definition) is 2. The molecule has 0 atom stereocenters. The van der Waals surface area contributed by atoms with Crippen LogP contribution in [0.15, 0.2) is 120 Å². The minimum atomic E-state index is 0.869. The van der Waals surface area contributed by atoms with Crippen LogP contribution in [0.1, 0.15) is 11.1 Å². The van der Waals surface area contributed by atoms with E-state index >= 15 is 0 Å². The van der Waals surface area contributed by atoms with Crippen molar-refractivity contribution in [2.24, 2.45) is 0 Å². The molecule has 0 aliphatic carbocycles. The summed E-state index contributed by atoms with van der Waals surface area (Å²) in [5.41, 5.74) is 8.01. The van der Waals surface area contributed by atoms with E-state index in [9.17, 15) is 0 Å². The summed E-state index contributed by atoms with van der Waals surface area (Å²) >= 11 is 0. The van der Waals surface area contributed by atoms with Crippen LogP contribution in [0.5, 0.6) is 0 Å². The fourth-order valence-corrected chi connectivity index (χ4v) is 3.93. The molecule has 5 rings (SSSR count). The van der Waals surface area contributed by atoms with E-state index in [4.69, 9.17) is 4.42 Å². The minimum absolute atomic E-state index is 0.869. The summed E-state index contributed by atoms with van der Waals surface area (Å²) in [5.74, 6) is 1.75. The van der Waals surface area contributed by atoms with Crippen LogP contribution in [0.2, 0.25) is 0 Å². The van der Waals surface area contributed by atoms with Gasteiger partial charge in [0.05, 0.1) is 0 Å². The van der Waals surface area contributed by atoms with E-state index in [1.54, 1.807) is 0 Å². The maximum absolute atomic E-state index is 6.17.